The zero-order valence-electron chi connectivity index (χ0n) is 14.1. The number of hydrogen-bond acceptors (Lipinski definition) is 4. The highest BCUT2D eigenvalue weighted by Gasteiger charge is 2.32. The van der Waals surface area contributed by atoms with Crippen LogP contribution in [0, 0.1) is 29.6 Å². The molecule has 1 atom stereocenters. The maximum atomic E-state index is 9.58. The van der Waals surface area contributed by atoms with E-state index < -0.39 is 0 Å². The molecule has 0 bridgehead atoms. The molecule has 2 heterocycles. The lowest BCUT2D eigenvalue weighted by atomic mass is 9.72. The van der Waals surface area contributed by atoms with Crippen molar-refractivity contribution < 1.29 is 0 Å². The molecule has 0 saturated heterocycles. The van der Waals surface area contributed by atoms with Gasteiger partial charge in [-0.1, -0.05) is 20.8 Å². The molecule has 2 nitrogen and oxygen atoms in total. The van der Waals surface area contributed by atoms with E-state index in [1.165, 1.54) is 21.7 Å². The van der Waals surface area contributed by atoms with Crippen LogP contribution in [0.2, 0.25) is 0 Å². The molecule has 1 aliphatic rings. The van der Waals surface area contributed by atoms with E-state index >= 15 is 0 Å². The normalized spacial score (nSPS) is 18.1. The maximum Gasteiger partial charge on any atom is 0.134 e. The van der Waals surface area contributed by atoms with Crippen LogP contribution in [0.3, 0.4) is 0 Å². The number of nitrogens with zero attached hydrogens (tertiary/aromatic N) is 2. The third-order valence-electron chi connectivity index (χ3n) is 4.65. The highest BCUT2D eigenvalue weighted by molar-refractivity contribution is 7.16. The minimum atomic E-state index is 0.326. The molecule has 0 aliphatic heterocycles. The second-order valence-electron chi connectivity index (χ2n) is 7.31. The second kappa shape index (κ2) is 6.22. The summed E-state index contributed by atoms with van der Waals surface area (Å²) in [6, 6.07) is 6.58. The number of nitriles is 1. The van der Waals surface area contributed by atoms with Gasteiger partial charge < -0.3 is 0 Å². The minimum absolute atomic E-state index is 0.326. The Balaban J connectivity index is 1.90. The molecular weight excluding hydrogens is 320 g/mol. The Morgan fingerprint density at radius 3 is 2.70 bits per heavy atom. The van der Waals surface area contributed by atoms with Crippen LogP contribution in [0.25, 0.3) is 0 Å². The molecule has 0 N–H and O–H groups in total. The lowest BCUT2D eigenvalue weighted by Crippen LogP contribution is -2.26. The predicted octanol–water partition coefficient (Wildman–Crippen LogP) is 5.89. The van der Waals surface area contributed by atoms with E-state index in [0.29, 0.717) is 11.3 Å². The topological polar surface area (TPSA) is 36.1 Å². The molecule has 0 fully saturated rings. The van der Waals surface area contributed by atoms with E-state index in [0.717, 1.165) is 28.3 Å². The highest BCUT2D eigenvalue weighted by Crippen LogP contribution is 2.44. The van der Waals surface area contributed by atoms with E-state index in [1.54, 1.807) is 22.7 Å². The van der Waals surface area contributed by atoms with Crippen molar-refractivity contribution in [1.29, 1.82) is 5.26 Å². The summed E-state index contributed by atoms with van der Waals surface area (Å²) in [4.78, 5) is 8.44. The van der Waals surface area contributed by atoms with Gasteiger partial charge in [-0.15, -0.1) is 22.7 Å². The Hall–Kier alpha value is -1.44. The van der Waals surface area contributed by atoms with Gasteiger partial charge in [-0.25, -0.2) is 4.99 Å². The molecule has 23 heavy (non-hydrogen) atoms. The quantitative estimate of drug-likeness (QED) is 0.627. The molecule has 0 saturated carbocycles. The monoisotopic (exact) mass is 342 g/mol. The lowest BCUT2D eigenvalue weighted by Gasteiger charge is -2.33. The lowest BCUT2D eigenvalue weighted by molar-refractivity contribution is 0.218. The van der Waals surface area contributed by atoms with Crippen LogP contribution in [0.5, 0.6) is 0 Å². The zero-order valence-corrected chi connectivity index (χ0v) is 15.8. The van der Waals surface area contributed by atoms with Crippen LogP contribution in [-0.2, 0) is 12.8 Å². The molecule has 2 aromatic heterocycles. The summed E-state index contributed by atoms with van der Waals surface area (Å²) in [5.41, 5.74) is 2.39. The first kappa shape index (κ1) is 16.4. The third-order valence-corrected chi connectivity index (χ3v) is 6.75. The average molecular weight is 343 g/mol. The van der Waals surface area contributed by atoms with E-state index in [4.69, 9.17) is 0 Å². The molecule has 0 amide bonds. The molecule has 0 aromatic carbocycles. The zero-order chi connectivity index (χ0) is 16.6. The standard InChI is InChI=1S/C19H22N2S2/c1-12-5-7-14(22-12)11-21-18-16(10-20)15-8-6-13(19(2,3)4)9-17(15)23-18/h5,7,11,13H,6,8-9H2,1-4H3/t13-/m1/s1. The second-order valence-corrected chi connectivity index (χ2v) is 9.71. The van der Waals surface area contributed by atoms with Crippen LogP contribution in [-0.4, -0.2) is 6.21 Å². The van der Waals surface area contributed by atoms with Crippen LogP contribution in [0.4, 0.5) is 5.00 Å². The molecule has 2 aromatic rings. The van der Waals surface area contributed by atoms with E-state index in [-0.39, 0.29) is 0 Å². The van der Waals surface area contributed by atoms with Crippen LogP contribution >= 0.6 is 22.7 Å². The van der Waals surface area contributed by atoms with Gasteiger partial charge in [0.05, 0.1) is 5.56 Å². The van der Waals surface area contributed by atoms with E-state index in [9.17, 15) is 5.26 Å². The Bertz CT molecular complexity index is 781. The minimum Gasteiger partial charge on any atom is -0.243 e. The van der Waals surface area contributed by atoms with Crippen molar-refractivity contribution in [3.63, 3.8) is 0 Å². The molecule has 3 rings (SSSR count). The summed E-state index contributed by atoms with van der Waals surface area (Å²) in [5.74, 6) is 0.692. The smallest absolute Gasteiger partial charge is 0.134 e. The molecule has 4 heteroatoms. The van der Waals surface area contributed by atoms with Gasteiger partial charge in [-0.3, -0.25) is 0 Å². The first-order valence-electron chi connectivity index (χ1n) is 8.03. The summed E-state index contributed by atoms with van der Waals surface area (Å²) < 4.78 is 0. The van der Waals surface area contributed by atoms with Crippen molar-refractivity contribution in [3.05, 3.63) is 37.9 Å². The number of aliphatic imine (C=N–C) groups is 1. The summed E-state index contributed by atoms with van der Waals surface area (Å²) in [7, 11) is 0. The van der Waals surface area contributed by atoms with Gasteiger partial charge in [0.1, 0.15) is 11.1 Å². The van der Waals surface area contributed by atoms with Crippen molar-refractivity contribution in [1.82, 2.24) is 0 Å². The number of hydrogen-bond donors (Lipinski definition) is 0. The van der Waals surface area contributed by atoms with Gasteiger partial charge in [0, 0.05) is 20.8 Å². The Labute approximate surface area is 146 Å². The first-order chi connectivity index (χ1) is 10.9. The summed E-state index contributed by atoms with van der Waals surface area (Å²) >= 11 is 3.45. The molecule has 1 aliphatic carbocycles. The van der Waals surface area contributed by atoms with Crippen molar-refractivity contribution in [2.45, 2.75) is 47.0 Å². The Morgan fingerprint density at radius 1 is 1.30 bits per heavy atom. The van der Waals surface area contributed by atoms with Crippen LogP contribution in [0.15, 0.2) is 17.1 Å². The molecular formula is C19H22N2S2. The largest absolute Gasteiger partial charge is 0.243 e. The number of thiophene rings is 2. The van der Waals surface area contributed by atoms with Crippen LogP contribution < -0.4 is 0 Å². The number of rotatable bonds is 2. The first-order valence-corrected chi connectivity index (χ1v) is 9.67. The molecule has 120 valence electrons. The van der Waals surface area contributed by atoms with Gasteiger partial charge in [-0.05, 0) is 55.2 Å². The van der Waals surface area contributed by atoms with Crippen molar-refractivity contribution >= 4 is 33.9 Å². The fourth-order valence-corrected chi connectivity index (χ4v) is 5.13. The molecule has 0 radical (unpaired) electrons. The number of fused-ring (bicyclic) bond motifs is 1. The summed E-state index contributed by atoms with van der Waals surface area (Å²) in [6.45, 7) is 9.05. The Kier molecular flexibility index (Phi) is 4.44. The van der Waals surface area contributed by atoms with Gasteiger partial charge >= 0.3 is 0 Å². The van der Waals surface area contributed by atoms with Gasteiger partial charge in [0.25, 0.3) is 0 Å². The highest BCUT2D eigenvalue weighted by atomic mass is 32.1. The van der Waals surface area contributed by atoms with E-state index in [2.05, 4.69) is 50.9 Å². The van der Waals surface area contributed by atoms with Crippen molar-refractivity contribution in [2.75, 3.05) is 0 Å². The molecule has 0 spiro atoms. The number of aryl methyl sites for hydroxylation is 1. The van der Waals surface area contributed by atoms with Crippen molar-refractivity contribution in [3.8, 4) is 6.07 Å². The molecule has 0 unspecified atom stereocenters. The van der Waals surface area contributed by atoms with Gasteiger partial charge in [-0.2, -0.15) is 5.26 Å². The summed E-state index contributed by atoms with van der Waals surface area (Å²) in [6.07, 6.45) is 5.18. The fraction of sp³-hybridized carbons (Fsp3) is 0.474. The fourth-order valence-electron chi connectivity index (χ4n) is 3.16. The van der Waals surface area contributed by atoms with Gasteiger partial charge in [0.15, 0.2) is 0 Å². The predicted molar refractivity (Wildman–Crippen MR) is 100 cm³/mol. The SMILES string of the molecule is Cc1ccc(C=Nc2sc3c(c2C#N)CC[C@@H](C(C)(C)C)C3)s1. The summed E-state index contributed by atoms with van der Waals surface area (Å²) in [5, 5.41) is 10.5. The van der Waals surface area contributed by atoms with Crippen molar-refractivity contribution in [2.24, 2.45) is 16.3 Å². The third kappa shape index (κ3) is 3.41. The van der Waals surface area contributed by atoms with Crippen LogP contribution in [0.1, 0.15) is 53.0 Å². The van der Waals surface area contributed by atoms with E-state index in [1.807, 2.05) is 6.21 Å². The maximum absolute atomic E-state index is 9.58. The van der Waals surface area contributed by atoms with Gasteiger partial charge in [0.2, 0.25) is 0 Å². The Morgan fingerprint density at radius 2 is 2.09 bits per heavy atom. The average Bonchev–Trinajstić information content (AvgIpc) is 3.06.